The molecule has 108 valence electrons. The number of hydrogen-bond acceptors (Lipinski definition) is 5. The van der Waals surface area contributed by atoms with Gasteiger partial charge in [0, 0.05) is 23.9 Å². The Morgan fingerprint density at radius 1 is 1.50 bits per heavy atom. The molecule has 1 saturated carbocycles. The number of methoxy groups -OCH3 is 1. The first kappa shape index (κ1) is 14.8. The molecule has 1 aromatic rings. The molecule has 5 nitrogen and oxygen atoms in total. The Balaban J connectivity index is 1.94. The molecule has 1 aromatic heterocycles. The lowest BCUT2D eigenvalue weighted by Gasteiger charge is -2.13. The zero-order valence-electron chi connectivity index (χ0n) is 11.6. The van der Waals surface area contributed by atoms with Crippen LogP contribution in [-0.4, -0.2) is 36.8 Å². The molecule has 0 spiro atoms. The van der Waals surface area contributed by atoms with Crippen molar-refractivity contribution in [3.05, 3.63) is 24.0 Å². The number of pyridine rings is 1. The number of hydrogen-bond donors (Lipinski definition) is 1. The number of amides is 1. The minimum Gasteiger partial charge on any atom is -0.469 e. The minimum absolute atomic E-state index is 0.0776. The van der Waals surface area contributed by atoms with Crippen molar-refractivity contribution in [2.24, 2.45) is 5.41 Å². The van der Waals surface area contributed by atoms with Gasteiger partial charge in [0.05, 0.1) is 13.5 Å². The van der Waals surface area contributed by atoms with Crippen LogP contribution in [0.3, 0.4) is 0 Å². The van der Waals surface area contributed by atoms with Gasteiger partial charge < -0.3 is 10.1 Å². The van der Waals surface area contributed by atoms with E-state index < -0.39 is 0 Å². The number of carbonyl (C=O) groups excluding carboxylic acids is 2. The number of nitrogens with one attached hydrogen (secondary N) is 1. The van der Waals surface area contributed by atoms with E-state index in [-0.39, 0.29) is 17.3 Å². The van der Waals surface area contributed by atoms with Gasteiger partial charge in [0.15, 0.2) is 0 Å². The first-order chi connectivity index (χ1) is 9.58. The fraction of sp³-hybridized carbons (Fsp3) is 0.500. The summed E-state index contributed by atoms with van der Waals surface area (Å²) in [4.78, 5) is 27.9. The zero-order chi connectivity index (χ0) is 14.6. The number of carbonyl (C=O) groups is 2. The Bertz CT molecular complexity index is 515. The molecule has 0 unspecified atom stereocenters. The van der Waals surface area contributed by atoms with Crippen LogP contribution in [-0.2, 0) is 9.53 Å². The molecular formula is C14H18N2O3S. The molecule has 6 heteroatoms. The summed E-state index contributed by atoms with van der Waals surface area (Å²) in [6, 6.07) is 3.66. The van der Waals surface area contributed by atoms with Crippen molar-refractivity contribution in [2.45, 2.75) is 24.2 Å². The van der Waals surface area contributed by atoms with Crippen LogP contribution < -0.4 is 5.32 Å². The smallest absolute Gasteiger partial charge is 0.306 e. The molecule has 0 radical (unpaired) electrons. The van der Waals surface area contributed by atoms with Gasteiger partial charge in [-0.1, -0.05) is 0 Å². The molecule has 0 atom stereocenters. The van der Waals surface area contributed by atoms with E-state index in [0.29, 0.717) is 12.1 Å². The first-order valence-corrected chi connectivity index (χ1v) is 7.45. The zero-order valence-corrected chi connectivity index (χ0v) is 12.5. The molecule has 1 aliphatic carbocycles. The standard InChI is InChI=1S/C14H18N2O3S/c1-15-13(18)11-7-10(3-6-16-11)20-9-14(4-5-14)8-12(17)19-2/h3,6-7H,4-5,8-9H2,1-2H3,(H,15,18). The summed E-state index contributed by atoms with van der Waals surface area (Å²) >= 11 is 1.66. The van der Waals surface area contributed by atoms with E-state index in [2.05, 4.69) is 10.3 Å². The van der Waals surface area contributed by atoms with Crippen molar-refractivity contribution in [3.8, 4) is 0 Å². The van der Waals surface area contributed by atoms with Gasteiger partial charge in [-0.15, -0.1) is 11.8 Å². The van der Waals surface area contributed by atoms with Crippen LogP contribution in [0.2, 0.25) is 0 Å². The maximum absolute atomic E-state index is 11.5. The van der Waals surface area contributed by atoms with Crippen LogP contribution >= 0.6 is 11.8 Å². The van der Waals surface area contributed by atoms with E-state index >= 15 is 0 Å². The van der Waals surface area contributed by atoms with Gasteiger partial charge in [0.25, 0.3) is 5.91 Å². The molecule has 1 N–H and O–H groups in total. The molecule has 2 rings (SSSR count). The highest BCUT2D eigenvalue weighted by atomic mass is 32.2. The summed E-state index contributed by atoms with van der Waals surface area (Å²) in [7, 11) is 3.00. The number of esters is 1. The van der Waals surface area contributed by atoms with E-state index in [4.69, 9.17) is 4.74 Å². The lowest BCUT2D eigenvalue weighted by molar-refractivity contribution is -0.141. The number of rotatable bonds is 6. The number of ether oxygens (including phenoxy) is 1. The van der Waals surface area contributed by atoms with E-state index in [1.807, 2.05) is 6.07 Å². The second-order valence-electron chi connectivity index (χ2n) is 5.00. The molecule has 1 amide bonds. The van der Waals surface area contributed by atoms with E-state index in [9.17, 15) is 9.59 Å². The van der Waals surface area contributed by atoms with Gasteiger partial charge in [0.1, 0.15) is 5.69 Å². The predicted octanol–water partition coefficient (Wildman–Crippen LogP) is 1.88. The molecule has 1 aliphatic rings. The summed E-state index contributed by atoms with van der Waals surface area (Å²) in [6.07, 6.45) is 4.22. The van der Waals surface area contributed by atoms with Crippen LogP contribution in [0.4, 0.5) is 0 Å². The maximum Gasteiger partial charge on any atom is 0.306 e. The van der Waals surface area contributed by atoms with Crippen molar-refractivity contribution in [1.29, 1.82) is 0 Å². The van der Waals surface area contributed by atoms with Gasteiger partial charge in [0.2, 0.25) is 0 Å². The summed E-state index contributed by atoms with van der Waals surface area (Å²) in [5.74, 6) is 0.520. The van der Waals surface area contributed by atoms with Crippen LogP contribution in [0.5, 0.6) is 0 Å². The second kappa shape index (κ2) is 6.26. The highest BCUT2D eigenvalue weighted by molar-refractivity contribution is 7.99. The molecule has 1 heterocycles. The van der Waals surface area contributed by atoms with Crippen molar-refractivity contribution < 1.29 is 14.3 Å². The van der Waals surface area contributed by atoms with Crippen molar-refractivity contribution in [3.63, 3.8) is 0 Å². The monoisotopic (exact) mass is 294 g/mol. The third-order valence-electron chi connectivity index (χ3n) is 3.44. The normalized spacial score (nSPS) is 15.5. The minimum atomic E-state index is -0.192. The lowest BCUT2D eigenvalue weighted by atomic mass is 10.1. The van der Waals surface area contributed by atoms with Gasteiger partial charge in [-0.25, -0.2) is 0 Å². The number of aromatic nitrogens is 1. The largest absolute Gasteiger partial charge is 0.469 e. The van der Waals surface area contributed by atoms with Crippen LogP contribution in [0.1, 0.15) is 29.8 Å². The summed E-state index contributed by atoms with van der Waals surface area (Å²) in [5, 5.41) is 2.55. The van der Waals surface area contributed by atoms with Crippen molar-refractivity contribution in [1.82, 2.24) is 10.3 Å². The molecule has 0 aromatic carbocycles. The molecule has 0 aliphatic heterocycles. The van der Waals surface area contributed by atoms with Crippen molar-refractivity contribution in [2.75, 3.05) is 19.9 Å². The number of nitrogens with zero attached hydrogens (tertiary/aromatic N) is 1. The quantitative estimate of drug-likeness (QED) is 0.641. The van der Waals surface area contributed by atoms with E-state index in [1.54, 1.807) is 31.1 Å². The third-order valence-corrected chi connectivity index (χ3v) is 4.78. The third kappa shape index (κ3) is 3.72. The molecule has 20 heavy (non-hydrogen) atoms. The molecule has 0 bridgehead atoms. The Kier molecular flexibility index (Phi) is 4.65. The van der Waals surface area contributed by atoms with Gasteiger partial charge >= 0.3 is 5.97 Å². The second-order valence-corrected chi connectivity index (χ2v) is 6.05. The maximum atomic E-state index is 11.5. The Morgan fingerprint density at radius 3 is 2.85 bits per heavy atom. The fourth-order valence-corrected chi connectivity index (χ4v) is 3.13. The number of thioether (sulfide) groups is 1. The summed E-state index contributed by atoms with van der Waals surface area (Å²) in [6.45, 7) is 0. The molecule has 1 fully saturated rings. The first-order valence-electron chi connectivity index (χ1n) is 6.46. The Morgan fingerprint density at radius 2 is 2.25 bits per heavy atom. The van der Waals surface area contributed by atoms with Crippen LogP contribution in [0.15, 0.2) is 23.2 Å². The molecule has 0 saturated heterocycles. The van der Waals surface area contributed by atoms with Gasteiger partial charge in [-0.3, -0.25) is 14.6 Å². The molecular weight excluding hydrogens is 276 g/mol. The lowest BCUT2D eigenvalue weighted by Crippen LogP contribution is -2.19. The summed E-state index contributed by atoms with van der Waals surface area (Å²) in [5.41, 5.74) is 0.490. The Labute approximate surface area is 122 Å². The average Bonchev–Trinajstić information content (AvgIpc) is 3.24. The van der Waals surface area contributed by atoms with Gasteiger partial charge in [-0.2, -0.15) is 0 Å². The van der Waals surface area contributed by atoms with E-state index in [0.717, 1.165) is 23.5 Å². The summed E-state index contributed by atoms with van der Waals surface area (Å²) < 4.78 is 4.73. The van der Waals surface area contributed by atoms with Gasteiger partial charge in [-0.05, 0) is 30.4 Å². The predicted molar refractivity (Wildman–Crippen MR) is 76.7 cm³/mol. The fourth-order valence-electron chi connectivity index (χ4n) is 1.92. The highest BCUT2D eigenvalue weighted by Crippen LogP contribution is 2.52. The van der Waals surface area contributed by atoms with Crippen molar-refractivity contribution >= 4 is 23.6 Å². The van der Waals surface area contributed by atoms with Crippen LogP contribution in [0.25, 0.3) is 0 Å². The highest BCUT2D eigenvalue weighted by Gasteiger charge is 2.44. The van der Waals surface area contributed by atoms with E-state index in [1.165, 1.54) is 7.11 Å². The topological polar surface area (TPSA) is 68.3 Å². The SMILES string of the molecule is CNC(=O)c1cc(SCC2(CC(=O)OC)CC2)ccn1. The Hall–Kier alpha value is -1.56. The van der Waals surface area contributed by atoms with Crippen LogP contribution in [0, 0.1) is 5.41 Å². The average molecular weight is 294 g/mol.